The Hall–Kier alpha value is -2.50. The lowest BCUT2D eigenvalue weighted by molar-refractivity contribution is -0.138. The van der Waals surface area contributed by atoms with Gasteiger partial charge in [-0.05, 0) is 24.1 Å². The zero-order chi connectivity index (χ0) is 17.3. The highest BCUT2D eigenvalue weighted by Crippen LogP contribution is 2.38. The molecule has 0 saturated carbocycles. The Balaban J connectivity index is 2.09. The maximum Gasteiger partial charge on any atom is 0.418 e. The molecule has 0 unspecified atom stereocenters. The number of halogens is 3. The monoisotopic (exact) mass is 335 g/mol. The largest absolute Gasteiger partial charge is 0.463 e. The van der Waals surface area contributed by atoms with E-state index in [1.54, 1.807) is 31.2 Å². The van der Waals surface area contributed by atoms with Crippen molar-refractivity contribution in [3.63, 3.8) is 0 Å². The van der Waals surface area contributed by atoms with Crippen LogP contribution < -0.4 is 0 Å². The number of hydrogen-bond donors (Lipinski definition) is 0. The highest BCUT2D eigenvalue weighted by Gasteiger charge is 2.37. The van der Waals surface area contributed by atoms with E-state index >= 15 is 0 Å². The molecule has 2 heterocycles. The second-order valence-electron chi connectivity index (χ2n) is 5.52. The van der Waals surface area contributed by atoms with Gasteiger partial charge in [-0.2, -0.15) is 13.2 Å². The van der Waals surface area contributed by atoms with Gasteiger partial charge in [0.2, 0.25) is 0 Å². The van der Waals surface area contributed by atoms with Crippen LogP contribution in [0.15, 0.2) is 48.2 Å². The van der Waals surface area contributed by atoms with Crippen molar-refractivity contribution in [3.8, 4) is 0 Å². The van der Waals surface area contributed by atoms with E-state index in [0.717, 1.165) is 11.6 Å². The molecule has 1 aliphatic heterocycles. The zero-order valence-corrected chi connectivity index (χ0v) is 13.1. The third kappa shape index (κ3) is 2.96. The molecule has 0 atom stereocenters. The van der Waals surface area contributed by atoms with Gasteiger partial charge in [0.05, 0.1) is 24.3 Å². The van der Waals surface area contributed by atoms with Crippen LogP contribution in [0.4, 0.5) is 13.2 Å². The molecule has 0 N–H and O–H groups in total. The summed E-state index contributed by atoms with van der Waals surface area (Å²) in [4.78, 5) is 12.3. The molecule has 1 aromatic heterocycles. The second kappa shape index (κ2) is 6.19. The normalized spacial score (nSPS) is 14.5. The van der Waals surface area contributed by atoms with Crippen LogP contribution in [0.25, 0.3) is 5.57 Å². The van der Waals surface area contributed by atoms with E-state index in [2.05, 4.69) is 0 Å². The van der Waals surface area contributed by atoms with E-state index in [4.69, 9.17) is 4.74 Å². The van der Waals surface area contributed by atoms with Gasteiger partial charge in [-0.15, -0.1) is 0 Å². The Kier molecular flexibility index (Phi) is 4.22. The first kappa shape index (κ1) is 16.4. The van der Waals surface area contributed by atoms with Gasteiger partial charge in [-0.1, -0.05) is 30.3 Å². The fraction of sp³-hybridized carbons (Fsp3) is 0.278. The Morgan fingerprint density at radius 2 is 1.92 bits per heavy atom. The number of rotatable bonds is 3. The van der Waals surface area contributed by atoms with Crippen molar-refractivity contribution in [2.24, 2.45) is 0 Å². The zero-order valence-electron chi connectivity index (χ0n) is 13.1. The summed E-state index contributed by atoms with van der Waals surface area (Å²) in [6.45, 7) is 2.00. The first-order valence-corrected chi connectivity index (χ1v) is 7.61. The van der Waals surface area contributed by atoms with E-state index in [1.165, 1.54) is 10.8 Å². The minimum atomic E-state index is -4.41. The Bertz CT molecular complexity index is 788. The number of aromatic nitrogens is 1. The van der Waals surface area contributed by atoms with Crippen molar-refractivity contribution < 1.29 is 22.7 Å². The van der Waals surface area contributed by atoms with Crippen LogP contribution in [0.1, 0.15) is 23.7 Å². The summed E-state index contributed by atoms with van der Waals surface area (Å²) in [5.74, 6) is -0.482. The summed E-state index contributed by atoms with van der Waals surface area (Å²) in [7, 11) is 0. The number of allylic oxidation sites excluding steroid dienone is 1. The van der Waals surface area contributed by atoms with E-state index in [0.29, 0.717) is 11.1 Å². The van der Waals surface area contributed by atoms with Crippen LogP contribution in [0.2, 0.25) is 0 Å². The third-order valence-electron chi connectivity index (χ3n) is 4.07. The van der Waals surface area contributed by atoms with Crippen LogP contribution in [0, 0.1) is 0 Å². The molecule has 1 aromatic carbocycles. The van der Waals surface area contributed by atoms with Crippen molar-refractivity contribution in [2.45, 2.75) is 26.1 Å². The molecule has 24 heavy (non-hydrogen) atoms. The highest BCUT2D eigenvalue weighted by atomic mass is 19.4. The molecule has 0 bridgehead atoms. The molecule has 1 aliphatic rings. The third-order valence-corrected chi connectivity index (χ3v) is 4.07. The van der Waals surface area contributed by atoms with Crippen LogP contribution >= 0.6 is 0 Å². The van der Waals surface area contributed by atoms with Crippen molar-refractivity contribution in [1.82, 2.24) is 4.57 Å². The minimum Gasteiger partial charge on any atom is -0.463 e. The van der Waals surface area contributed by atoms with Gasteiger partial charge in [0, 0.05) is 18.3 Å². The second-order valence-corrected chi connectivity index (χ2v) is 5.52. The maximum absolute atomic E-state index is 13.2. The van der Waals surface area contributed by atoms with Crippen LogP contribution in [-0.4, -0.2) is 17.1 Å². The number of benzene rings is 1. The Morgan fingerprint density at radius 3 is 2.54 bits per heavy atom. The lowest BCUT2D eigenvalue weighted by Gasteiger charge is -2.24. The molecule has 0 spiro atoms. The fourth-order valence-corrected chi connectivity index (χ4v) is 2.97. The van der Waals surface area contributed by atoms with Crippen molar-refractivity contribution in [3.05, 3.63) is 65.0 Å². The number of carbonyl (C=O) groups excluding carboxylic acids is 1. The van der Waals surface area contributed by atoms with E-state index in [1.807, 2.05) is 6.07 Å². The minimum absolute atomic E-state index is 0.0417. The molecule has 0 radical (unpaired) electrons. The summed E-state index contributed by atoms with van der Waals surface area (Å²) in [5.41, 5.74) is 1.25. The van der Waals surface area contributed by atoms with Gasteiger partial charge < -0.3 is 9.30 Å². The van der Waals surface area contributed by atoms with Crippen molar-refractivity contribution in [2.75, 3.05) is 6.61 Å². The quantitative estimate of drug-likeness (QED) is 0.792. The number of nitrogens with zero attached hydrogens (tertiary/aromatic N) is 1. The van der Waals surface area contributed by atoms with E-state index in [-0.39, 0.29) is 25.3 Å². The van der Waals surface area contributed by atoms with Gasteiger partial charge in [-0.25, -0.2) is 4.79 Å². The van der Waals surface area contributed by atoms with Crippen LogP contribution in [0.3, 0.4) is 0 Å². The molecular formula is C18H16F3NO2. The molecule has 2 aromatic rings. The number of ether oxygens (including phenoxy) is 1. The van der Waals surface area contributed by atoms with Gasteiger partial charge in [0.25, 0.3) is 0 Å². The average Bonchev–Trinajstić information content (AvgIpc) is 2.98. The number of fused-ring (bicyclic) bond motifs is 1. The van der Waals surface area contributed by atoms with E-state index in [9.17, 15) is 18.0 Å². The van der Waals surface area contributed by atoms with Gasteiger partial charge >= 0.3 is 12.1 Å². The Labute approximate surface area is 137 Å². The lowest BCUT2D eigenvalue weighted by atomic mass is 9.91. The summed E-state index contributed by atoms with van der Waals surface area (Å²) in [5, 5.41) is 0. The van der Waals surface area contributed by atoms with Crippen LogP contribution in [0.5, 0.6) is 0 Å². The first-order chi connectivity index (χ1) is 11.4. The van der Waals surface area contributed by atoms with Crippen molar-refractivity contribution >= 4 is 11.5 Å². The topological polar surface area (TPSA) is 31.2 Å². The molecule has 126 valence electrons. The first-order valence-electron chi connectivity index (χ1n) is 7.61. The summed E-state index contributed by atoms with van der Waals surface area (Å²) < 4.78 is 46.1. The number of alkyl halides is 3. The van der Waals surface area contributed by atoms with E-state index < -0.39 is 17.7 Å². The molecule has 0 fully saturated rings. The average molecular weight is 335 g/mol. The lowest BCUT2D eigenvalue weighted by Crippen LogP contribution is -2.22. The number of esters is 1. The smallest absolute Gasteiger partial charge is 0.418 e. The molecular weight excluding hydrogens is 319 g/mol. The molecule has 0 amide bonds. The molecule has 0 aliphatic carbocycles. The van der Waals surface area contributed by atoms with Crippen LogP contribution in [-0.2, 0) is 28.7 Å². The SMILES string of the molecule is CCOC(=O)C1=C(c2ccccc2)Cc2c(C(F)(F)F)ccn2C1. The molecule has 3 nitrogen and oxygen atoms in total. The maximum atomic E-state index is 13.2. The standard InChI is InChI=1S/C18H16F3NO2/c1-2-24-17(23)14-11-22-9-8-15(18(19,20)21)16(22)10-13(14)12-6-4-3-5-7-12/h3-9H,2,10-11H2,1H3. The number of hydrogen-bond acceptors (Lipinski definition) is 2. The van der Waals surface area contributed by atoms with Gasteiger partial charge in [0.15, 0.2) is 0 Å². The van der Waals surface area contributed by atoms with Gasteiger partial charge in [-0.3, -0.25) is 0 Å². The summed E-state index contributed by atoms with van der Waals surface area (Å²) >= 11 is 0. The summed E-state index contributed by atoms with van der Waals surface area (Å²) in [6.07, 6.45) is -3.00. The molecule has 6 heteroatoms. The Morgan fingerprint density at radius 1 is 1.21 bits per heavy atom. The van der Waals surface area contributed by atoms with Crippen molar-refractivity contribution in [1.29, 1.82) is 0 Å². The predicted octanol–water partition coefficient (Wildman–Crippen LogP) is 4.08. The molecule has 0 saturated heterocycles. The molecule has 3 rings (SSSR count). The van der Waals surface area contributed by atoms with Gasteiger partial charge in [0.1, 0.15) is 0 Å². The number of carbonyl (C=O) groups is 1. The predicted molar refractivity (Wildman–Crippen MR) is 83.1 cm³/mol. The summed E-state index contributed by atoms with van der Waals surface area (Å²) in [6, 6.07) is 10.1. The highest BCUT2D eigenvalue weighted by molar-refractivity contribution is 5.98. The fourth-order valence-electron chi connectivity index (χ4n) is 2.97.